The predicted octanol–water partition coefficient (Wildman–Crippen LogP) is 5.92. The number of unbranched alkanes of at least 4 members (excludes halogenated alkanes) is 1. The van der Waals surface area contributed by atoms with Gasteiger partial charge in [0.1, 0.15) is 11.5 Å². The smallest absolute Gasteiger partial charge is 0.338 e. The summed E-state index contributed by atoms with van der Waals surface area (Å²) >= 11 is 1.31. The third kappa shape index (κ3) is 5.90. The van der Waals surface area contributed by atoms with E-state index in [1.54, 1.807) is 25.3 Å². The molecule has 0 saturated carbocycles. The number of rotatable bonds is 10. The van der Waals surface area contributed by atoms with Crippen molar-refractivity contribution in [3.63, 3.8) is 0 Å². The molecule has 5 rings (SSSR count). The van der Waals surface area contributed by atoms with Crippen molar-refractivity contribution in [2.45, 2.75) is 59.6 Å². The van der Waals surface area contributed by atoms with Crippen LogP contribution in [-0.2, 0) is 9.53 Å². The number of hydrogen-bond acceptors (Lipinski definition) is 7. The molecule has 42 heavy (non-hydrogen) atoms. The molecule has 8 heteroatoms. The molecule has 7 nitrogen and oxygen atoms in total. The molecular formula is C34H36N2O5S. The van der Waals surface area contributed by atoms with E-state index >= 15 is 0 Å². The van der Waals surface area contributed by atoms with Gasteiger partial charge in [-0.05, 0) is 74.7 Å². The molecule has 1 aliphatic heterocycles. The lowest BCUT2D eigenvalue weighted by atomic mass is 9.95. The van der Waals surface area contributed by atoms with Gasteiger partial charge in [0.2, 0.25) is 0 Å². The van der Waals surface area contributed by atoms with Crippen molar-refractivity contribution in [1.29, 1.82) is 0 Å². The van der Waals surface area contributed by atoms with Crippen LogP contribution in [-0.4, -0.2) is 29.9 Å². The van der Waals surface area contributed by atoms with Crippen molar-refractivity contribution >= 4 is 34.2 Å². The Kier molecular flexibility index (Phi) is 8.92. The second kappa shape index (κ2) is 12.8. The first-order valence-electron chi connectivity index (χ1n) is 14.4. The average Bonchev–Trinajstić information content (AvgIpc) is 3.27. The predicted molar refractivity (Wildman–Crippen MR) is 167 cm³/mol. The lowest BCUT2D eigenvalue weighted by Gasteiger charge is -2.25. The summed E-state index contributed by atoms with van der Waals surface area (Å²) in [5.41, 5.74) is 2.26. The Bertz CT molecular complexity index is 1820. The Morgan fingerprint density at radius 2 is 1.81 bits per heavy atom. The van der Waals surface area contributed by atoms with Crippen LogP contribution in [0.4, 0.5) is 0 Å². The molecule has 1 aromatic heterocycles. The minimum Gasteiger partial charge on any atom is -0.494 e. The van der Waals surface area contributed by atoms with Gasteiger partial charge in [0.15, 0.2) is 4.80 Å². The van der Waals surface area contributed by atoms with Crippen LogP contribution in [0.15, 0.2) is 81.7 Å². The molecule has 1 aliphatic rings. The van der Waals surface area contributed by atoms with E-state index in [2.05, 4.69) is 6.92 Å². The van der Waals surface area contributed by atoms with Crippen molar-refractivity contribution in [3.05, 3.63) is 103 Å². The molecule has 0 spiro atoms. The third-order valence-electron chi connectivity index (χ3n) is 7.05. The number of hydrogen-bond donors (Lipinski definition) is 0. The number of esters is 1. The minimum atomic E-state index is -0.696. The molecule has 1 atom stereocenters. The average molecular weight is 585 g/mol. The van der Waals surface area contributed by atoms with Crippen LogP contribution in [0.3, 0.4) is 0 Å². The zero-order valence-corrected chi connectivity index (χ0v) is 25.5. The van der Waals surface area contributed by atoms with Crippen LogP contribution < -0.4 is 24.4 Å². The molecule has 0 radical (unpaired) electrons. The van der Waals surface area contributed by atoms with E-state index in [-0.39, 0.29) is 11.7 Å². The van der Waals surface area contributed by atoms with E-state index in [1.807, 2.05) is 73.7 Å². The van der Waals surface area contributed by atoms with Crippen molar-refractivity contribution < 1.29 is 19.0 Å². The van der Waals surface area contributed by atoms with Crippen LogP contribution >= 0.6 is 11.3 Å². The molecule has 0 aliphatic carbocycles. The fourth-order valence-electron chi connectivity index (χ4n) is 5.10. The fraction of sp³-hybridized carbons (Fsp3) is 0.324. The Morgan fingerprint density at radius 1 is 1.05 bits per heavy atom. The Balaban J connectivity index is 1.71. The fourth-order valence-corrected chi connectivity index (χ4v) is 6.12. The Hall–Kier alpha value is -4.17. The van der Waals surface area contributed by atoms with Gasteiger partial charge in [0.25, 0.3) is 5.56 Å². The van der Waals surface area contributed by atoms with Crippen LogP contribution in [0.1, 0.15) is 64.6 Å². The van der Waals surface area contributed by atoms with Gasteiger partial charge in [0.05, 0.1) is 41.2 Å². The Labute approximate surface area is 249 Å². The van der Waals surface area contributed by atoms with Gasteiger partial charge in [-0.25, -0.2) is 9.79 Å². The standard InChI is InChI=1S/C34H36N2O5S/c1-6-8-19-40-28-18-15-23-11-9-10-12-26(23)27(28)20-29-32(37)36-31(24-13-16-25(17-14-24)39-7-2)30(33(38)41-21(3)4)22(5)35-34(36)42-29/h9-18,20-21,31H,6-8,19H2,1-5H3/b29-20+/t31-/m1/s1. The molecular weight excluding hydrogens is 548 g/mol. The number of carbonyl (C=O) groups excluding carboxylic acids is 1. The summed E-state index contributed by atoms with van der Waals surface area (Å²) in [6.45, 7) is 10.6. The maximum absolute atomic E-state index is 14.2. The van der Waals surface area contributed by atoms with Gasteiger partial charge in [-0.2, -0.15) is 0 Å². The molecule has 0 amide bonds. The lowest BCUT2D eigenvalue weighted by molar-refractivity contribution is -0.143. The van der Waals surface area contributed by atoms with Gasteiger partial charge in [-0.15, -0.1) is 0 Å². The summed E-state index contributed by atoms with van der Waals surface area (Å²) in [4.78, 5) is 32.9. The van der Waals surface area contributed by atoms with E-state index in [4.69, 9.17) is 19.2 Å². The number of carbonyl (C=O) groups is 1. The van der Waals surface area contributed by atoms with Gasteiger partial charge < -0.3 is 14.2 Å². The highest BCUT2D eigenvalue weighted by Crippen LogP contribution is 2.33. The molecule has 3 aromatic carbocycles. The number of ether oxygens (including phenoxy) is 3. The van der Waals surface area contributed by atoms with Gasteiger partial charge >= 0.3 is 5.97 Å². The minimum absolute atomic E-state index is 0.229. The number of aromatic nitrogens is 1. The molecule has 4 aromatic rings. The number of benzene rings is 3. The molecule has 0 bridgehead atoms. The molecule has 0 fully saturated rings. The van der Waals surface area contributed by atoms with Crippen molar-refractivity contribution in [2.24, 2.45) is 4.99 Å². The molecule has 0 N–H and O–H groups in total. The van der Waals surface area contributed by atoms with E-state index < -0.39 is 12.0 Å². The van der Waals surface area contributed by atoms with E-state index in [1.165, 1.54) is 11.3 Å². The quantitative estimate of drug-likeness (QED) is 0.171. The van der Waals surface area contributed by atoms with E-state index in [0.29, 0.717) is 39.6 Å². The summed E-state index contributed by atoms with van der Waals surface area (Å²) in [5.74, 6) is 0.959. The summed E-state index contributed by atoms with van der Waals surface area (Å²) in [7, 11) is 0. The highest BCUT2D eigenvalue weighted by Gasteiger charge is 2.34. The summed E-state index contributed by atoms with van der Waals surface area (Å²) < 4.78 is 19.6. The van der Waals surface area contributed by atoms with Crippen molar-refractivity contribution in [3.8, 4) is 11.5 Å². The topological polar surface area (TPSA) is 79.1 Å². The van der Waals surface area contributed by atoms with Gasteiger partial charge in [-0.3, -0.25) is 9.36 Å². The molecule has 0 unspecified atom stereocenters. The SMILES string of the molecule is CCCCOc1ccc2ccccc2c1/C=c1/sc2n(c1=O)[C@H](c1ccc(OCC)cc1)C(C(=O)OC(C)C)=C(C)N=2. The zero-order valence-electron chi connectivity index (χ0n) is 24.7. The molecule has 2 heterocycles. The third-order valence-corrected chi connectivity index (χ3v) is 8.04. The summed E-state index contributed by atoms with van der Waals surface area (Å²) in [6, 6.07) is 18.9. The van der Waals surface area contributed by atoms with Crippen LogP contribution in [0, 0.1) is 0 Å². The molecule has 218 valence electrons. The summed E-state index contributed by atoms with van der Waals surface area (Å²) in [6.07, 6.45) is 3.54. The van der Waals surface area contributed by atoms with Gasteiger partial charge in [-0.1, -0.05) is 67.1 Å². The van der Waals surface area contributed by atoms with Crippen molar-refractivity contribution in [1.82, 2.24) is 4.57 Å². The van der Waals surface area contributed by atoms with Crippen LogP contribution in [0.25, 0.3) is 16.8 Å². The lowest BCUT2D eigenvalue weighted by Crippen LogP contribution is -2.40. The first-order valence-corrected chi connectivity index (χ1v) is 15.2. The maximum atomic E-state index is 14.2. The van der Waals surface area contributed by atoms with Crippen molar-refractivity contribution in [2.75, 3.05) is 13.2 Å². The Morgan fingerprint density at radius 3 is 2.52 bits per heavy atom. The first-order chi connectivity index (χ1) is 20.3. The monoisotopic (exact) mass is 584 g/mol. The number of nitrogens with zero attached hydrogens (tertiary/aromatic N) is 2. The second-order valence-electron chi connectivity index (χ2n) is 10.4. The van der Waals surface area contributed by atoms with Crippen LogP contribution in [0.2, 0.25) is 0 Å². The number of thiazole rings is 1. The van der Waals surface area contributed by atoms with E-state index in [0.717, 1.165) is 40.5 Å². The highest BCUT2D eigenvalue weighted by atomic mass is 32.1. The summed E-state index contributed by atoms with van der Waals surface area (Å²) in [5, 5.41) is 2.05. The normalized spacial score (nSPS) is 15.1. The largest absolute Gasteiger partial charge is 0.494 e. The number of fused-ring (bicyclic) bond motifs is 2. The van der Waals surface area contributed by atoms with E-state index in [9.17, 15) is 9.59 Å². The first kappa shape index (κ1) is 29.3. The van der Waals surface area contributed by atoms with Crippen LogP contribution in [0.5, 0.6) is 11.5 Å². The maximum Gasteiger partial charge on any atom is 0.338 e. The number of allylic oxidation sites excluding steroid dienone is 1. The second-order valence-corrected chi connectivity index (χ2v) is 11.4. The zero-order chi connectivity index (χ0) is 29.8. The highest BCUT2D eigenvalue weighted by molar-refractivity contribution is 7.07. The van der Waals surface area contributed by atoms with Gasteiger partial charge in [0, 0.05) is 5.56 Å². The molecule has 0 saturated heterocycles.